The molecule has 0 bridgehead atoms. The van der Waals surface area contributed by atoms with E-state index in [0.29, 0.717) is 5.92 Å². The highest BCUT2D eigenvalue weighted by molar-refractivity contribution is 8.13. The van der Waals surface area contributed by atoms with Gasteiger partial charge in [0.1, 0.15) is 0 Å². The fraction of sp³-hybridized carbons (Fsp3) is 1.00. The van der Waals surface area contributed by atoms with Gasteiger partial charge in [0.2, 0.25) is 9.05 Å². The van der Waals surface area contributed by atoms with E-state index in [4.69, 9.17) is 15.4 Å². The average Bonchev–Trinajstić information content (AvgIpc) is 2.01. The molecule has 1 rings (SSSR count). The van der Waals surface area contributed by atoms with Crippen molar-refractivity contribution in [3.63, 3.8) is 0 Å². The lowest BCUT2D eigenvalue weighted by Gasteiger charge is -2.35. The molecule has 0 spiro atoms. The predicted octanol–water partition coefficient (Wildman–Crippen LogP) is 2.01. The highest BCUT2D eigenvalue weighted by Crippen LogP contribution is 2.36. The lowest BCUT2D eigenvalue weighted by Crippen LogP contribution is -2.34. The molecule has 5 heteroatoms. The molecule has 0 aliphatic carbocycles. The topological polar surface area (TPSA) is 43.4 Å². The van der Waals surface area contributed by atoms with Crippen LogP contribution in [0.2, 0.25) is 0 Å². The summed E-state index contributed by atoms with van der Waals surface area (Å²) < 4.78 is 27.3. The van der Waals surface area contributed by atoms with E-state index in [1.165, 1.54) is 0 Å². The lowest BCUT2D eigenvalue weighted by atomic mass is 9.76. The summed E-state index contributed by atoms with van der Waals surface area (Å²) in [6.07, 6.45) is 1.86. The van der Waals surface area contributed by atoms with Crippen LogP contribution in [-0.2, 0) is 13.8 Å². The minimum atomic E-state index is -3.40. The maximum Gasteiger partial charge on any atom is 0.233 e. The Morgan fingerprint density at radius 1 is 1.36 bits per heavy atom. The molecule has 84 valence electrons. The van der Waals surface area contributed by atoms with Gasteiger partial charge in [-0.1, -0.05) is 13.8 Å². The normalized spacial score (nSPS) is 21.1. The molecular formula is C9H17ClO3S. The van der Waals surface area contributed by atoms with Crippen LogP contribution in [0.1, 0.15) is 26.7 Å². The van der Waals surface area contributed by atoms with Crippen LogP contribution in [0, 0.1) is 11.3 Å². The Balaban J connectivity index is 2.63. The first-order chi connectivity index (χ1) is 6.31. The van der Waals surface area contributed by atoms with Crippen molar-refractivity contribution < 1.29 is 13.2 Å². The van der Waals surface area contributed by atoms with E-state index < -0.39 is 9.05 Å². The third kappa shape index (κ3) is 3.75. The molecular weight excluding hydrogens is 224 g/mol. The minimum Gasteiger partial charge on any atom is -0.381 e. The summed E-state index contributed by atoms with van der Waals surface area (Å²) in [6.45, 7) is 5.39. The fourth-order valence-corrected chi connectivity index (χ4v) is 4.01. The maximum atomic E-state index is 11.0. The molecule has 0 amide bonds. The smallest absolute Gasteiger partial charge is 0.233 e. The summed E-state index contributed by atoms with van der Waals surface area (Å²) in [5.74, 6) is 0.441. The fourth-order valence-electron chi connectivity index (χ4n) is 2.04. The molecule has 1 saturated heterocycles. The zero-order chi connectivity index (χ0) is 10.8. The van der Waals surface area contributed by atoms with Gasteiger partial charge in [-0.25, -0.2) is 8.42 Å². The second kappa shape index (κ2) is 4.37. The summed E-state index contributed by atoms with van der Waals surface area (Å²) in [4.78, 5) is 0. The largest absolute Gasteiger partial charge is 0.381 e. The van der Waals surface area contributed by atoms with Gasteiger partial charge in [-0.15, -0.1) is 0 Å². The summed E-state index contributed by atoms with van der Waals surface area (Å²) in [6, 6.07) is 0. The van der Waals surface area contributed by atoms with E-state index in [-0.39, 0.29) is 11.2 Å². The van der Waals surface area contributed by atoms with Crippen molar-refractivity contribution in [2.45, 2.75) is 26.7 Å². The first-order valence-corrected chi connectivity index (χ1v) is 7.29. The van der Waals surface area contributed by atoms with Crippen LogP contribution >= 0.6 is 10.7 Å². The average molecular weight is 241 g/mol. The van der Waals surface area contributed by atoms with Crippen LogP contribution in [0.5, 0.6) is 0 Å². The number of hydrogen-bond donors (Lipinski definition) is 0. The first-order valence-electron chi connectivity index (χ1n) is 4.81. The van der Waals surface area contributed by atoms with E-state index in [0.717, 1.165) is 26.1 Å². The van der Waals surface area contributed by atoms with Crippen molar-refractivity contribution in [1.29, 1.82) is 0 Å². The maximum absolute atomic E-state index is 11.0. The van der Waals surface area contributed by atoms with Gasteiger partial charge in [-0.05, 0) is 24.2 Å². The van der Waals surface area contributed by atoms with Crippen LogP contribution in [0.4, 0.5) is 0 Å². The summed E-state index contributed by atoms with van der Waals surface area (Å²) >= 11 is 0. The van der Waals surface area contributed by atoms with Crippen molar-refractivity contribution >= 4 is 19.7 Å². The lowest BCUT2D eigenvalue weighted by molar-refractivity contribution is 0.0297. The number of ether oxygens (including phenoxy) is 1. The highest BCUT2D eigenvalue weighted by Gasteiger charge is 2.34. The molecule has 1 aliphatic rings. The second-order valence-corrected chi connectivity index (χ2v) is 7.34. The van der Waals surface area contributed by atoms with Gasteiger partial charge in [0.05, 0.1) is 5.75 Å². The summed E-state index contributed by atoms with van der Waals surface area (Å²) in [5, 5.41) is 0. The molecule has 0 radical (unpaired) electrons. The van der Waals surface area contributed by atoms with E-state index >= 15 is 0 Å². The first kappa shape index (κ1) is 12.3. The Kier molecular flexibility index (Phi) is 3.83. The number of rotatable bonds is 3. The molecule has 0 aromatic heterocycles. The second-order valence-electron chi connectivity index (χ2n) is 4.56. The molecule has 1 heterocycles. The van der Waals surface area contributed by atoms with Crippen molar-refractivity contribution in [1.82, 2.24) is 0 Å². The summed E-state index contributed by atoms with van der Waals surface area (Å²) in [5.41, 5.74) is -0.246. The van der Waals surface area contributed by atoms with Crippen molar-refractivity contribution in [2.75, 3.05) is 19.0 Å². The highest BCUT2D eigenvalue weighted by atomic mass is 35.7. The zero-order valence-corrected chi connectivity index (χ0v) is 10.2. The van der Waals surface area contributed by atoms with Gasteiger partial charge in [0.15, 0.2) is 0 Å². The molecule has 0 saturated carbocycles. The number of hydrogen-bond acceptors (Lipinski definition) is 3. The van der Waals surface area contributed by atoms with Gasteiger partial charge >= 0.3 is 0 Å². The molecule has 14 heavy (non-hydrogen) atoms. The monoisotopic (exact) mass is 240 g/mol. The molecule has 3 nitrogen and oxygen atoms in total. The molecule has 0 unspecified atom stereocenters. The van der Waals surface area contributed by atoms with E-state index in [1.54, 1.807) is 0 Å². The third-order valence-corrected chi connectivity index (χ3v) is 4.29. The Bertz CT molecular complexity index is 278. The van der Waals surface area contributed by atoms with Gasteiger partial charge in [0.25, 0.3) is 0 Å². The minimum absolute atomic E-state index is 0.0478. The predicted molar refractivity (Wildman–Crippen MR) is 57.0 cm³/mol. The van der Waals surface area contributed by atoms with Gasteiger partial charge in [-0.3, -0.25) is 0 Å². The Morgan fingerprint density at radius 3 is 2.29 bits per heavy atom. The zero-order valence-electron chi connectivity index (χ0n) is 8.62. The van der Waals surface area contributed by atoms with Crippen LogP contribution < -0.4 is 0 Å². The molecule has 0 aromatic rings. The van der Waals surface area contributed by atoms with Crippen LogP contribution in [0.15, 0.2) is 0 Å². The van der Waals surface area contributed by atoms with Crippen molar-refractivity contribution in [3.8, 4) is 0 Å². The molecule has 0 aromatic carbocycles. The number of halogens is 1. The Hall–Kier alpha value is 0.200. The standard InChI is InChI=1S/C9H17ClO3S/c1-9(2,7-14(10,11)12)8-3-5-13-6-4-8/h8H,3-7H2,1-2H3. The van der Waals surface area contributed by atoms with Crippen LogP contribution in [-0.4, -0.2) is 27.4 Å². The van der Waals surface area contributed by atoms with Crippen molar-refractivity contribution in [2.24, 2.45) is 11.3 Å². The summed E-state index contributed by atoms with van der Waals surface area (Å²) in [7, 11) is 1.88. The Morgan fingerprint density at radius 2 is 1.86 bits per heavy atom. The molecule has 1 fully saturated rings. The van der Waals surface area contributed by atoms with E-state index in [9.17, 15) is 8.42 Å². The molecule has 0 N–H and O–H groups in total. The van der Waals surface area contributed by atoms with Gasteiger partial charge in [-0.2, -0.15) is 0 Å². The molecule has 0 atom stereocenters. The third-order valence-electron chi connectivity index (χ3n) is 2.87. The van der Waals surface area contributed by atoms with Crippen molar-refractivity contribution in [3.05, 3.63) is 0 Å². The van der Waals surface area contributed by atoms with E-state index in [1.807, 2.05) is 13.8 Å². The molecule has 1 aliphatic heterocycles. The Labute approximate surface area is 90.2 Å². The SMILES string of the molecule is CC(C)(CS(=O)(=O)Cl)C1CCOCC1. The van der Waals surface area contributed by atoms with E-state index in [2.05, 4.69) is 0 Å². The quantitative estimate of drug-likeness (QED) is 0.709. The van der Waals surface area contributed by atoms with Crippen LogP contribution in [0.25, 0.3) is 0 Å². The van der Waals surface area contributed by atoms with Gasteiger partial charge in [0, 0.05) is 23.9 Å². The van der Waals surface area contributed by atoms with Crippen LogP contribution in [0.3, 0.4) is 0 Å². The van der Waals surface area contributed by atoms with Gasteiger partial charge < -0.3 is 4.74 Å².